The number of unbranched alkanes of at least 4 members (excludes halogenated alkanes) is 22. The van der Waals surface area contributed by atoms with E-state index in [1.54, 1.807) is 0 Å². The van der Waals surface area contributed by atoms with E-state index in [1.807, 2.05) is 0 Å². The molecule has 0 aliphatic rings. The Labute approximate surface area is 234 Å². The monoisotopic (exact) mass is 521 g/mol. The first-order valence-electron chi connectivity index (χ1n) is 17.1. The zero-order chi connectivity index (χ0) is 26.2. The second-order valence-electron chi connectivity index (χ2n) is 11.5. The van der Waals surface area contributed by atoms with Gasteiger partial charge in [0.2, 0.25) is 0 Å². The van der Waals surface area contributed by atoms with Gasteiger partial charge in [0.05, 0.1) is 0 Å². The molecule has 0 bridgehead atoms. The fraction of sp³-hybridized carbons (Fsp3) is 0.941. The van der Waals surface area contributed by atoms with E-state index in [0.717, 1.165) is 13.0 Å². The Hall–Kier alpha value is 0.232. The van der Waals surface area contributed by atoms with Crippen molar-refractivity contribution in [3.63, 3.8) is 0 Å². The number of hydrogen-bond acceptors (Lipinski definition) is 1. The van der Waals surface area contributed by atoms with Crippen molar-refractivity contribution in [2.45, 2.75) is 198 Å². The van der Waals surface area contributed by atoms with Crippen molar-refractivity contribution >= 4 is 14.5 Å². The molecule has 214 valence electrons. The molecule has 0 saturated heterocycles. The van der Waals surface area contributed by atoms with E-state index in [2.05, 4.69) is 32.9 Å². The quantitative estimate of drug-likeness (QED) is 0.0501. The maximum absolute atomic E-state index is 6.54. The standard InChI is InChI=1S/C14H27O.2C10H21.Al/c1-2-3-4-5-6-7-8-9-10-11-12-13-14-15;2*1-3-5-7-9-10-8-6-4-2;/h11-12H,2-10,13-14H2,1H3;2*1,3-10H2,2H3;/q-1;;;+1/b12-11-;;;. The average molecular weight is 521 g/mol. The van der Waals surface area contributed by atoms with Gasteiger partial charge in [-0.05, 0) is 19.3 Å². The lowest BCUT2D eigenvalue weighted by molar-refractivity contribution is 0.322. The molecule has 0 unspecified atom stereocenters. The molecule has 0 heterocycles. The molecule has 0 aliphatic carbocycles. The van der Waals surface area contributed by atoms with Crippen LogP contribution in [0, 0.1) is 0 Å². The van der Waals surface area contributed by atoms with Gasteiger partial charge in [-0.3, -0.25) is 0 Å². The van der Waals surface area contributed by atoms with Gasteiger partial charge in [0.25, 0.3) is 0 Å². The normalized spacial score (nSPS) is 11.6. The van der Waals surface area contributed by atoms with Crippen LogP contribution < -0.4 is 0 Å². The summed E-state index contributed by atoms with van der Waals surface area (Å²) in [6.45, 7) is 7.90. The van der Waals surface area contributed by atoms with Crippen LogP contribution in [0.3, 0.4) is 0 Å². The summed E-state index contributed by atoms with van der Waals surface area (Å²) in [6, 6.07) is 0. The molecule has 0 aromatic heterocycles. The molecule has 0 spiro atoms. The molecule has 2 heteroatoms. The van der Waals surface area contributed by atoms with E-state index in [9.17, 15) is 0 Å². The summed E-state index contributed by atoms with van der Waals surface area (Å²) in [4.78, 5) is 0. The van der Waals surface area contributed by atoms with Gasteiger partial charge in [0, 0.05) is 6.61 Å². The van der Waals surface area contributed by atoms with Crippen LogP contribution in [-0.4, -0.2) is 21.1 Å². The molecule has 0 atom stereocenters. The van der Waals surface area contributed by atoms with E-state index in [1.165, 1.54) is 171 Å². The lowest BCUT2D eigenvalue weighted by atomic mass is 10.1. The summed E-state index contributed by atoms with van der Waals surface area (Å²) in [5.41, 5.74) is 0. The molecule has 0 N–H and O–H groups in total. The van der Waals surface area contributed by atoms with Gasteiger partial charge in [-0.15, -0.1) is 0 Å². The summed E-state index contributed by atoms with van der Waals surface area (Å²) in [5, 5.41) is 2.85. The summed E-state index contributed by atoms with van der Waals surface area (Å²) in [7, 11) is 0. The highest BCUT2D eigenvalue weighted by Gasteiger charge is 2.19. The predicted molar refractivity (Wildman–Crippen MR) is 168 cm³/mol. The van der Waals surface area contributed by atoms with Crippen LogP contribution in [0.25, 0.3) is 0 Å². The zero-order valence-corrected chi connectivity index (χ0v) is 26.8. The first-order chi connectivity index (χ1) is 17.8. The average Bonchev–Trinajstić information content (AvgIpc) is 2.89. The smallest absolute Gasteiger partial charge is 0.460 e. The van der Waals surface area contributed by atoms with E-state index >= 15 is 0 Å². The van der Waals surface area contributed by atoms with Gasteiger partial charge in [0.1, 0.15) is 0 Å². The van der Waals surface area contributed by atoms with Gasteiger partial charge < -0.3 is 3.79 Å². The summed E-state index contributed by atoms with van der Waals surface area (Å²) in [5.74, 6) is 0. The Kier molecular flexibility index (Phi) is 33.5. The van der Waals surface area contributed by atoms with Gasteiger partial charge >= 0.3 is 14.5 Å². The maximum atomic E-state index is 6.54. The van der Waals surface area contributed by atoms with E-state index in [4.69, 9.17) is 3.79 Å². The van der Waals surface area contributed by atoms with Crippen molar-refractivity contribution in [2.75, 3.05) is 6.61 Å². The fourth-order valence-corrected chi connectivity index (χ4v) is 7.84. The first-order valence-corrected chi connectivity index (χ1v) is 19.2. The third kappa shape index (κ3) is 30.5. The van der Waals surface area contributed by atoms with Gasteiger partial charge in [-0.25, -0.2) is 0 Å². The minimum atomic E-state index is -0.994. The van der Waals surface area contributed by atoms with Gasteiger partial charge in [-0.1, -0.05) is 191 Å². The minimum Gasteiger partial charge on any atom is -0.500 e. The van der Waals surface area contributed by atoms with E-state index in [0.29, 0.717) is 0 Å². The van der Waals surface area contributed by atoms with Crippen molar-refractivity contribution in [1.29, 1.82) is 0 Å². The van der Waals surface area contributed by atoms with Crippen LogP contribution in [0.1, 0.15) is 188 Å². The van der Waals surface area contributed by atoms with Crippen LogP contribution in [0.15, 0.2) is 12.2 Å². The Morgan fingerprint density at radius 3 is 1.14 bits per heavy atom. The van der Waals surface area contributed by atoms with Gasteiger partial charge in [-0.2, -0.15) is 0 Å². The summed E-state index contributed by atoms with van der Waals surface area (Å²) < 4.78 is 6.54. The molecule has 0 saturated carbocycles. The molecular formula is C34H69AlO. The highest BCUT2D eigenvalue weighted by Crippen LogP contribution is 2.17. The lowest BCUT2D eigenvalue weighted by Crippen LogP contribution is -2.18. The van der Waals surface area contributed by atoms with Crippen molar-refractivity contribution in [2.24, 2.45) is 0 Å². The number of hydrogen-bond donors (Lipinski definition) is 0. The number of rotatable bonds is 31. The molecule has 0 fully saturated rings. The summed E-state index contributed by atoms with van der Waals surface area (Å²) >= 11 is -0.994. The Balaban J connectivity index is 3.89. The second-order valence-corrected chi connectivity index (χ2v) is 14.3. The maximum Gasteiger partial charge on any atom is 0.460 e. The minimum absolute atomic E-state index is 0.985. The van der Waals surface area contributed by atoms with Crippen LogP contribution in [0.4, 0.5) is 0 Å². The molecule has 1 nitrogen and oxygen atoms in total. The predicted octanol–water partition coefficient (Wildman–Crippen LogP) is 12.8. The largest absolute Gasteiger partial charge is 0.500 e. The van der Waals surface area contributed by atoms with Crippen LogP contribution in [0.5, 0.6) is 0 Å². The van der Waals surface area contributed by atoms with E-state index in [-0.39, 0.29) is 0 Å². The van der Waals surface area contributed by atoms with Crippen LogP contribution in [0.2, 0.25) is 10.6 Å². The van der Waals surface area contributed by atoms with Gasteiger partial charge in [0.15, 0.2) is 0 Å². The van der Waals surface area contributed by atoms with E-state index < -0.39 is 14.5 Å². The Morgan fingerprint density at radius 2 is 0.722 bits per heavy atom. The zero-order valence-electron chi connectivity index (χ0n) is 25.6. The Bertz CT molecular complexity index is 388. The van der Waals surface area contributed by atoms with Crippen LogP contribution >= 0.6 is 0 Å². The molecule has 0 radical (unpaired) electrons. The molecule has 0 amide bonds. The molecule has 0 aromatic carbocycles. The van der Waals surface area contributed by atoms with Crippen molar-refractivity contribution < 1.29 is 3.79 Å². The highest BCUT2D eigenvalue weighted by atomic mass is 27.2. The summed E-state index contributed by atoms with van der Waals surface area (Å²) in [6.07, 6.45) is 41.5. The molecular weight excluding hydrogens is 451 g/mol. The fourth-order valence-electron chi connectivity index (χ4n) is 5.26. The van der Waals surface area contributed by atoms with Crippen LogP contribution in [-0.2, 0) is 3.79 Å². The topological polar surface area (TPSA) is 9.23 Å². The Morgan fingerprint density at radius 1 is 0.389 bits per heavy atom. The molecule has 0 rings (SSSR count). The van der Waals surface area contributed by atoms with Crippen molar-refractivity contribution in [3.8, 4) is 0 Å². The first kappa shape index (κ1) is 36.2. The number of allylic oxidation sites excluding steroid dienone is 1. The van der Waals surface area contributed by atoms with Crippen molar-refractivity contribution in [1.82, 2.24) is 0 Å². The van der Waals surface area contributed by atoms with Crippen molar-refractivity contribution in [3.05, 3.63) is 12.2 Å². The second kappa shape index (κ2) is 33.3. The third-order valence-electron chi connectivity index (χ3n) is 7.79. The molecule has 0 aliphatic heterocycles. The SMILES string of the molecule is CCCCCCCCCC/C=C\CC[O][Al]([CH2]CCCCCCCCC)[CH2]CCCCCCCCC. The highest BCUT2D eigenvalue weighted by molar-refractivity contribution is 6.51. The molecule has 36 heavy (non-hydrogen) atoms. The third-order valence-corrected chi connectivity index (χ3v) is 10.6. The lowest BCUT2D eigenvalue weighted by Gasteiger charge is -2.13. The molecule has 0 aromatic rings.